The van der Waals surface area contributed by atoms with Crippen molar-refractivity contribution in [2.75, 3.05) is 0 Å². The first-order valence-corrected chi connectivity index (χ1v) is 5.27. The summed E-state index contributed by atoms with van der Waals surface area (Å²) in [4.78, 5) is 0. The minimum Gasteiger partial charge on any atom is -0.0840 e. The topological polar surface area (TPSA) is 0 Å². The molecular formula is C9H15I. The Hall–Kier alpha value is 0.470. The average Bonchev–Trinajstić information content (AvgIpc) is 1.88. The van der Waals surface area contributed by atoms with E-state index in [1.165, 1.54) is 19.3 Å². The molecule has 1 aliphatic carbocycles. The Labute approximate surface area is 77.2 Å². The molecule has 1 heteroatoms. The van der Waals surface area contributed by atoms with Crippen molar-refractivity contribution >= 4 is 22.6 Å². The SMILES string of the molecule is CC1CC=C(C(C)I)CC1. The number of hydrogen-bond acceptors (Lipinski definition) is 0. The van der Waals surface area contributed by atoms with Gasteiger partial charge in [-0.25, -0.2) is 0 Å². The molecule has 0 amide bonds. The summed E-state index contributed by atoms with van der Waals surface area (Å²) in [5, 5.41) is 0. The number of alkyl halides is 1. The lowest BCUT2D eigenvalue weighted by atomic mass is 9.90. The van der Waals surface area contributed by atoms with Crippen molar-refractivity contribution in [3.63, 3.8) is 0 Å². The van der Waals surface area contributed by atoms with Crippen molar-refractivity contribution in [1.29, 1.82) is 0 Å². The largest absolute Gasteiger partial charge is 0.0840 e. The van der Waals surface area contributed by atoms with Crippen LogP contribution in [0.4, 0.5) is 0 Å². The Morgan fingerprint density at radius 1 is 1.70 bits per heavy atom. The first-order valence-electron chi connectivity index (χ1n) is 4.03. The lowest BCUT2D eigenvalue weighted by Gasteiger charge is -2.19. The maximum atomic E-state index is 2.50. The number of halogens is 1. The van der Waals surface area contributed by atoms with E-state index in [4.69, 9.17) is 0 Å². The molecular weight excluding hydrogens is 235 g/mol. The van der Waals surface area contributed by atoms with Crippen molar-refractivity contribution in [2.24, 2.45) is 5.92 Å². The van der Waals surface area contributed by atoms with Gasteiger partial charge in [0, 0.05) is 3.92 Å². The van der Waals surface area contributed by atoms with Crippen LogP contribution in [-0.4, -0.2) is 3.92 Å². The van der Waals surface area contributed by atoms with Crippen LogP contribution in [-0.2, 0) is 0 Å². The minimum atomic E-state index is 0.755. The highest BCUT2D eigenvalue weighted by Crippen LogP contribution is 2.27. The molecule has 0 aromatic heterocycles. The van der Waals surface area contributed by atoms with Gasteiger partial charge in [0.2, 0.25) is 0 Å². The summed E-state index contributed by atoms with van der Waals surface area (Å²) in [6, 6.07) is 0. The molecule has 0 aliphatic heterocycles. The van der Waals surface area contributed by atoms with Gasteiger partial charge in [0.25, 0.3) is 0 Å². The van der Waals surface area contributed by atoms with Gasteiger partial charge >= 0.3 is 0 Å². The van der Waals surface area contributed by atoms with Crippen molar-refractivity contribution in [3.05, 3.63) is 11.6 Å². The summed E-state index contributed by atoms with van der Waals surface area (Å²) < 4.78 is 0.755. The van der Waals surface area contributed by atoms with Gasteiger partial charge in [-0.1, -0.05) is 41.2 Å². The predicted molar refractivity (Wildman–Crippen MR) is 54.6 cm³/mol. The molecule has 0 heterocycles. The quantitative estimate of drug-likeness (QED) is 0.379. The van der Waals surface area contributed by atoms with Crippen LogP contribution in [0.25, 0.3) is 0 Å². The highest BCUT2D eigenvalue weighted by Gasteiger charge is 2.12. The van der Waals surface area contributed by atoms with Gasteiger partial charge in [-0.15, -0.1) is 0 Å². The summed E-state index contributed by atoms with van der Waals surface area (Å²) in [7, 11) is 0. The molecule has 1 aliphatic rings. The molecule has 1 rings (SSSR count). The third kappa shape index (κ3) is 2.26. The molecule has 0 nitrogen and oxygen atoms in total. The van der Waals surface area contributed by atoms with Gasteiger partial charge in [-0.05, 0) is 32.1 Å². The van der Waals surface area contributed by atoms with E-state index in [2.05, 4.69) is 42.5 Å². The minimum absolute atomic E-state index is 0.755. The first kappa shape index (κ1) is 8.57. The van der Waals surface area contributed by atoms with E-state index in [1.54, 1.807) is 5.57 Å². The van der Waals surface area contributed by atoms with Gasteiger partial charge < -0.3 is 0 Å². The fourth-order valence-corrected chi connectivity index (χ4v) is 1.91. The Balaban J connectivity index is 2.48. The third-order valence-electron chi connectivity index (χ3n) is 2.22. The molecule has 0 fully saturated rings. The van der Waals surface area contributed by atoms with Gasteiger partial charge in [-0.2, -0.15) is 0 Å². The Kier molecular flexibility index (Phi) is 3.21. The molecule has 2 unspecified atom stereocenters. The molecule has 58 valence electrons. The fraction of sp³-hybridized carbons (Fsp3) is 0.778. The number of rotatable bonds is 1. The van der Waals surface area contributed by atoms with Crippen molar-refractivity contribution in [1.82, 2.24) is 0 Å². The average molecular weight is 250 g/mol. The van der Waals surface area contributed by atoms with E-state index in [0.29, 0.717) is 0 Å². The molecule has 2 atom stereocenters. The van der Waals surface area contributed by atoms with E-state index in [-0.39, 0.29) is 0 Å². The number of hydrogen-bond donors (Lipinski definition) is 0. The van der Waals surface area contributed by atoms with E-state index < -0.39 is 0 Å². The summed E-state index contributed by atoms with van der Waals surface area (Å²) in [6.07, 6.45) is 6.48. The maximum Gasteiger partial charge on any atom is 0.0290 e. The zero-order valence-electron chi connectivity index (χ0n) is 6.73. The van der Waals surface area contributed by atoms with Gasteiger partial charge in [0.1, 0.15) is 0 Å². The monoisotopic (exact) mass is 250 g/mol. The van der Waals surface area contributed by atoms with Crippen molar-refractivity contribution in [3.8, 4) is 0 Å². The van der Waals surface area contributed by atoms with Crippen LogP contribution in [0.3, 0.4) is 0 Å². The smallest absolute Gasteiger partial charge is 0.0290 e. The molecule has 0 saturated heterocycles. The zero-order valence-corrected chi connectivity index (χ0v) is 8.89. The van der Waals surface area contributed by atoms with E-state index in [9.17, 15) is 0 Å². The Morgan fingerprint density at radius 2 is 2.40 bits per heavy atom. The van der Waals surface area contributed by atoms with Gasteiger partial charge in [-0.3, -0.25) is 0 Å². The van der Waals surface area contributed by atoms with Crippen LogP contribution in [0.15, 0.2) is 11.6 Å². The van der Waals surface area contributed by atoms with E-state index >= 15 is 0 Å². The van der Waals surface area contributed by atoms with Crippen LogP contribution in [0, 0.1) is 5.92 Å². The van der Waals surface area contributed by atoms with Crippen molar-refractivity contribution in [2.45, 2.75) is 37.0 Å². The second kappa shape index (κ2) is 3.74. The summed E-state index contributed by atoms with van der Waals surface area (Å²) in [5.74, 6) is 0.930. The predicted octanol–water partition coefficient (Wildman–Crippen LogP) is 3.56. The molecule has 0 saturated carbocycles. The summed E-state index contributed by atoms with van der Waals surface area (Å²) in [5.41, 5.74) is 1.67. The molecule has 0 aromatic carbocycles. The third-order valence-corrected chi connectivity index (χ3v) is 3.02. The number of allylic oxidation sites excluding steroid dienone is 2. The summed E-state index contributed by atoms with van der Waals surface area (Å²) >= 11 is 2.50. The van der Waals surface area contributed by atoms with Gasteiger partial charge in [0.05, 0.1) is 0 Å². The molecule has 0 bridgehead atoms. The van der Waals surface area contributed by atoms with Crippen LogP contribution in [0.1, 0.15) is 33.1 Å². The highest BCUT2D eigenvalue weighted by atomic mass is 127. The lowest BCUT2D eigenvalue weighted by molar-refractivity contribution is 0.510. The zero-order chi connectivity index (χ0) is 7.56. The molecule has 0 radical (unpaired) electrons. The molecule has 0 spiro atoms. The normalized spacial score (nSPS) is 29.5. The van der Waals surface area contributed by atoms with E-state index in [0.717, 1.165) is 9.84 Å². The van der Waals surface area contributed by atoms with Gasteiger partial charge in [0.15, 0.2) is 0 Å². The fourth-order valence-electron chi connectivity index (χ4n) is 1.35. The second-order valence-electron chi connectivity index (χ2n) is 3.27. The maximum absolute atomic E-state index is 2.50. The summed E-state index contributed by atoms with van der Waals surface area (Å²) in [6.45, 7) is 4.62. The van der Waals surface area contributed by atoms with Crippen LogP contribution in [0.5, 0.6) is 0 Å². The van der Waals surface area contributed by atoms with Crippen LogP contribution >= 0.6 is 22.6 Å². The Bertz CT molecular complexity index is 136. The highest BCUT2D eigenvalue weighted by molar-refractivity contribution is 14.1. The molecule has 10 heavy (non-hydrogen) atoms. The second-order valence-corrected chi connectivity index (χ2v) is 5.14. The van der Waals surface area contributed by atoms with Crippen LogP contribution in [0.2, 0.25) is 0 Å². The Morgan fingerprint density at radius 3 is 2.80 bits per heavy atom. The molecule has 0 aromatic rings. The lowest BCUT2D eigenvalue weighted by Crippen LogP contribution is -2.06. The molecule has 0 N–H and O–H groups in total. The standard InChI is InChI=1S/C9H15I/c1-7-3-5-9(6-4-7)8(2)10/h5,7-8H,3-4,6H2,1-2H3. The van der Waals surface area contributed by atoms with Crippen LogP contribution < -0.4 is 0 Å². The first-order chi connectivity index (χ1) is 4.70. The van der Waals surface area contributed by atoms with E-state index in [1.807, 2.05) is 0 Å². The van der Waals surface area contributed by atoms with Crippen molar-refractivity contribution < 1.29 is 0 Å².